The average molecular weight is 252 g/mol. The first-order valence-electron chi connectivity index (χ1n) is 5.74. The maximum atomic E-state index is 10.5. The molecule has 1 aromatic rings. The fraction of sp³-hybridized carbons (Fsp3) is 0.500. The highest BCUT2D eigenvalue weighted by Gasteiger charge is 2.30. The molecule has 1 saturated carbocycles. The standard InChI is InChI=1S/C12H16N2O2S/c1-8-11(13)6-7-12(8)17-10-4-2-9(3-5-10)14(15)16/h2-5,8,11-12H,6-7,13H2,1H3. The van der Waals surface area contributed by atoms with Gasteiger partial charge in [-0.3, -0.25) is 10.1 Å². The first kappa shape index (κ1) is 12.4. The third-order valence-corrected chi connectivity index (χ3v) is 4.89. The molecule has 1 aliphatic rings. The van der Waals surface area contributed by atoms with Crippen molar-refractivity contribution < 1.29 is 4.92 Å². The third-order valence-electron chi connectivity index (χ3n) is 3.38. The number of nitro benzene ring substituents is 1. The van der Waals surface area contributed by atoms with E-state index in [1.165, 1.54) is 0 Å². The zero-order valence-electron chi connectivity index (χ0n) is 9.70. The van der Waals surface area contributed by atoms with Gasteiger partial charge < -0.3 is 5.73 Å². The largest absolute Gasteiger partial charge is 0.327 e. The summed E-state index contributed by atoms with van der Waals surface area (Å²) in [6.07, 6.45) is 2.20. The molecule has 0 radical (unpaired) electrons. The maximum Gasteiger partial charge on any atom is 0.269 e. The Kier molecular flexibility index (Phi) is 3.69. The van der Waals surface area contributed by atoms with Crippen LogP contribution in [0.15, 0.2) is 29.2 Å². The van der Waals surface area contributed by atoms with E-state index in [0.29, 0.717) is 17.2 Å². The molecule has 3 unspecified atom stereocenters. The van der Waals surface area contributed by atoms with Gasteiger partial charge >= 0.3 is 0 Å². The molecule has 2 N–H and O–H groups in total. The SMILES string of the molecule is CC1C(N)CCC1Sc1ccc([N+](=O)[O-])cc1. The van der Waals surface area contributed by atoms with Crippen LogP contribution in [-0.4, -0.2) is 16.2 Å². The van der Waals surface area contributed by atoms with Crippen molar-refractivity contribution in [3.63, 3.8) is 0 Å². The lowest BCUT2D eigenvalue weighted by Gasteiger charge is -2.17. The topological polar surface area (TPSA) is 69.2 Å². The van der Waals surface area contributed by atoms with Crippen molar-refractivity contribution in [2.24, 2.45) is 11.7 Å². The van der Waals surface area contributed by atoms with Gasteiger partial charge in [0.1, 0.15) is 0 Å². The lowest BCUT2D eigenvalue weighted by molar-refractivity contribution is -0.384. The van der Waals surface area contributed by atoms with Crippen molar-refractivity contribution in [1.82, 2.24) is 0 Å². The molecule has 0 heterocycles. The number of hydrogen-bond acceptors (Lipinski definition) is 4. The van der Waals surface area contributed by atoms with Crippen LogP contribution in [-0.2, 0) is 0 Å². The molecule has 0 amide bonds. The molecule has 0 aromatic heterocycles. The normalized spacial score (nSPS) is 28.2. The van der Waals surface area contributed by atoms with E-state index >= 15 is 0 Å². The second-order valence-corrected chi connectivity index (χ2v) is 5.82. The zero-order valence-corrected chi connectivity index (χ0v) is 10.5. The first-order valence-corrected chi connectivity index (χ1v) is 6.62. The van der Waals surface area contributed by atoms with Crippen LogP contribution in [0.4, 0.5) is 5.69 Å². The monoisotopic (exact) mass is 252 g/mol. The number of nitrogens with two attached hydrogens (primary N) is 1. The number of non-ortho nitro benzene ring substituents is 1. The smallest absolute Gasteiger partial charge is 0.269 e. The van der Waals surface area contributed by atoms with E-state index < -0.39 is 0 Å². The van der Waals surface area contributed by atoms with Crippen LogP contribution in [0.5, 0.6) is 0 Å². The van der Waals surface area contributed by atoms with Crippen molar-refractivity contribution >= 4 is 17.4 Å². The van der Waals surface area contributed by atoms with Crippen molar-refractivity contribution in [2.45, 2.75) is 36.0 Å². The van der Waals surface area contributed by atoms with Gasteiger partial charge in [-0.2, -0.15) is 0 Å². The predicted molar refractivity (Wildman–Crippen MR) is 69.1 cm³/mol. The Morgan fingerprint density at radius 1 is 1.35 bits per heavy atom. The fourth-order valence-electron chi connectivity index (χ4n) is 2.15. The number of hydrogen-bond donors (Lipinski definition) is 1. The molecule has 3 atom stereocenters. The molecule has 0 bridgehead atoms. The van der Waals surface area contributed by atoms with Crippen LogP contribution in [0.1, 0.15) is 19.8 Å². The van der Waals surface area contributed by atoms with Gasteiger partial charge in [-0.1, -0.05) is 6.92 Å². The van der Waals surface area contributed by atoms with Gasteiger partial charge in [0.15, 0.2) is 0 Å². The Bertz CT molecular complexity index is 407. The molecular formula is C12H16N2O2S. The number of nitrogens with zero attached hydrogens (tertiary/aromatic N) is 1. The molecule has 1 aromatic carbocycles. The van der Waals surface area contributed by atoms with Crippen molar-refractivity contribution in [3.8, 4) is 0 Å². The van der Waals surface area contributed by atoms with Crippen LogP contribution in [0.25, 0.3) is 0 Å². The summed E-state index contributed by atoms with van der Waals surface area (Å²) in [4.78, 5) is 11.2. The zero-order chi connectivity index (χ0) is 12.4. The van der Waals surface area contributed by atoms with E-state index in [9.17, 15) is 10.1 Å². The molecule has 4 nitrogen and oxygen atoms in total. The molecule has 0 saturated heterocycles. The first-order chi connectivity index (χ1) is 8.08. The van der Waals surface area contributed by atoms with Gasteiger partial charge in [0.05, 0.1) is 4.92 Å². The molecule has 2 rings (SSSR count). The van der Waals surface area contributed by atoms with Crippen molar-refractivity contribution in [3.05, 3.63) is 34.4 Å². The molecule has 0 aliphatic heterocycles. The number of nitro groups is 1. The molecule has 1 fully saturated rings. The van der Waals surface area contributed by atoms with Crippen LogP contribution in [0, 0.1) is 16.0 Å². The summed E-state index contributed by atoms with van der Waals surface area (Å²) in [5, 5.41) is 11.1. The highest BCUT2D eigenvalue weighted by Crippen LogP contribution is 2.38. The Labute approximate surface area is 105 Å². The van der Waals surface area contributed by atoms with Crippen molar-refractivity contribution in [1.29, 1.82) is 0 Å². The third kappa shape index (κ3) is 2.79. The summed E-state index contributed by atoms with van der Waals surface area (Å²) in [7, 11) is 0. The Morgan fingerprint density at radius 2 is 2.00 bits per heavy atom. The van der Waals surface area contributed by atoms with Crippen LogP contribution >= 0.6 is 11.8 Å². The summed E-state index contributed by atoms with van der Waals surface area (Å²) in [6.45, 7) is 2.18. The number of benzene rings is 1. The van der Waals surface area contributed by atoms with Gasteiger partial charge in [0, 0.05) is 28.3 Å². The summed E-state index contributed by atoms with van der Waals surface area (Å²) in [5.41, 5.74) is 6.13. The average Bonchev–Trinajstić information content (AvgIpc) is 2.62. The van der Waals surface area contributed by atoms with Crippen molar-refractivity contribution in [2.75, 3.05) is 0 Å². The quantitative estimate of drug-likeness (QED) is 0.663. The second-order valence-electron chi connectivity index (χ2n) is 4.51. The molecule has 1 aliphatic carbocycles. The van der Waals surface area contributed by atoms with E-state index in [-0.39, 0.29) is 10.6 Å². The summed E-state index contributed by atoms with van der Waals surface area (Å²) in [5.74, 6) is 0.509. The minimum absolute atomic E-state index is 0.144. The second kappa shape index (κ2) is 5.06. The molecule has 0 spiro atoms. The van der Waals surface area contributed by atoms with E-state index in [1.807, 2.05) is 12.1 Å². The number of thioether (sulfide) groups is 1. The fourth-order valence-corrected chi connectivity index (χ4v) is 3.46. The molecule has 5 heteroatoms. The minimum Gasteiger partial charge on any atom is -0.327 e. The minimum atomic E-state index is -0.372. The predicted octanol–water partition coefficient (Wildman–Crippen LogP) is 2.81. The van der Waals surface area contributed by atoms with E-state index in [0.717, 1.165) is 17.7 Å². The summed E-state index contributed by atoms with van der Waals surface area (Å²) >= 11 is 1.78. The van der Waals surface area contributed by atoms with Crippen LogP contribution in [0.2, 0.25) is 0 Å². The van der Waals surface area contributed by atoms with E-state index in [1.54, 1.807) is 23.9 Å². The van der Waals surface area contributed by atoms with Crippen LogP contribution in [0.3, 0.4) is 0 Å². The maximum absolute atomic E-state index is 10.5. The Balaban J connectivity index is 2.02. The van der Waals surface area contributed by atoms with Gasteiger partial charge in [0.2, 0.25) is 0 Å². The summed E-state index contributed by atoms with van der Waals surface area (Å²) in [6, 6.07) is 7.05. The van der Waals surface area contributed by atoms with Crippen LogP contribution < -0.4 is 5.73 Å². The lowest BCUT2D eigenvalue weighted by Crippen LogP contribution is -2.25. The summed E-state index contributed by atoms with van der Waals surface area (Å²) < 4.78 is 0. The van der Waals surface area contributed by atoms with E-state index in [2.05, 4.69) is 6.92 Å². The highest BCUT2D eigenvalue weighted by molar-refractivity contribution is 8.00. The number of rotatable bonds is 3. The van der Waals surface area contributed by atoms with Gasteiger partial charge in [0.25, 0.3) is 5.69 Å². The van der Waals surface area contributed by atoms with E-state index in [4.69, 9.17) is 5.73 Å². The highest BCUT2D eigenvalue weighted by atomic mass is 32.2. The van der Waals surface area contributed by atoms with Gasteiger partial charge in [-0.05, 0) is 30.9 Å². The van der Waals surface area contributed by atoms with Gasteiger partial charge in [-0.15, -0.1) is 11.8 Å². The Morgan fingerprint density at radius 3 is 2.47 bits per heavy atom. The molecular weight excluding hydrogens is 236 g/mol. The molecule has 17 heavy (non-hydrogen) atoms. The Hall–Kier alpha value is -1.07. The van der Waals surface area contributed by atoms with Gasteiger partial charge in [-0.25, -0.2) is 0 Å². The molecule has 92 valence electrons. The lowest BCUT2D eigenvalue weighted by atomic mass is 10.1.